The van der Waals surface area contributed by atoms with E-state index >= 15 is 0 Å². The van der Waals surface area contributed by atoms with Gasteiger partial charge in [0.05, 0.1) is 6.10 Å². The van der Waals surface area contributed by atoms with Crippen LogP contribution < -0.4 is 5.48 Å². The molecule has 0 radical (unpaired) electrons. The lowest BCUT2D eigenvalue weighted by Gasteiger charge is -2.05. The van der Waals surface area contributed by atoms with E-state index in [1.165, 1.54) is 12.2 Å². The van der Waals surface area contributed by atoms with Crippen LogP contribution in [-0.4, -0.2) is 24.7 Å². The molecular weight excluding hydrogens is 122 g/mol. The summed E-state index contributed by atoms with van der Waals surface area (Å²) in [6.45, 7) is 0. The van der Waals surface area contributed by atoms with E-state index in [1.54, 1.807) is 0 Å². The van der Waals surface area contributed by atoms with Gasteiger partial charge >= 0.3 is 0 Å². The molecule has 0 bridgehead atoms. The van der Waals surface area contributed by atoms with Crippen LogP contribution in [0.1, 0.15) is 6.42 Å². The maximum Gasteiger partial charge on any atom is 0.0888 e. The van der Waals surface area contributed by atoms with Gasteiger partial charge in [-0.25, -0.2) is 5.48 Å². The van der Waals surface area contributed by atoms with E-state index < -0.39 is 0 Å². The summed E-state index contributed by atoms with van der Waals surface area (Å²) in [4.78, 5) is 5.13. The van der Waals surface area contributed by atoms with Gasteiger partial charge in [-0.15, -0.1) is 0 Å². The zero-order chi connectivity index (χ0) is 5.82. The molecule has 0 aromatic rings. The smallest absolute Gasteiger partial charge is 0.0888 e. The fraction of sp³-hybridized carbons (Fsp3) is 1.00. The first-order chi connectivity index (χ1) is 3.93. The normalized spacial score (nSPS) is 28.9. The molecule has 8 heavy (non-hydrogen) atoms. The monoisotopic (exact) mass is 133 g/mol. The van der Waals surface area contributed by atoms with E-state index in [9.17, 15) is 0 Å². The molecule has 0 spiro atoms. The topological polar surface area (TPSA) is 21.3 Å². The summed E-state index contributed by atoms with van der Waals surface area (Å²) < 4.78 is 0. The number of thioether (sulfide) groups is 1. The fourth-order valence-electron chi connectivity index (χ4n) is 0.773. The lowest BCUT2D eigenvalue weighted by Crippen LogP contribution is -2.19. The van der Waals surface area contributed by atoms with Crippen molar-refractivity contribution < 1.29 is 4.84 Å². The Bertz CT molecular complexity index is 63.4. The highest BCUT2D eigenvalue weighted by molar-refractivity contribution is 7.99. The van der Waals surface area contributed by atoms with Crippen molar-refractivity contribution >= 4 is 11.8 Å². The molecule has 1 unspecified atom stereocenters. The van der Waals surface area contributed by atoms with Crippen LogP contribution in [0.25, 0.3) is 0 Å². The second-order valence-electron chi connectivity index (χ2n) is 1.81. The predicted octanol–water partition coefficient (Wildman–Crippen LogP) is 0.643. The number of hydrogen-bond acceptors (Lipinski definition) is 3. The van der Waals surface area contributed by atoms with Crippen LogP contribution in [0.5, 0.6) is 0 Å². The van der Waals surface area contributed by atoms with Crippen molar-refractivity contribution in [2.24, 2.45) is 0 Å². The minimum absolute atomic E-state index is 0.463. The quantitative estimate of drug-likeness (QED) is 0.559. The standard InChI is InChI=1S/C5H11NOS/c1-6-7-5-2-3-8-4-5/h5-6H,2-4H2,1H3. The third-order valence-electron chi connectivity index (χ3n) is 1.17. The summed E-state index contributed by atoms with van der Waals surface area (Å²) in [6, 6.07) is 0. The highest BCUT2D eigenvalue weighted by Gasteiger charge is 2.14. The van der Waals surface area contributed by atoms with Crippen molar-refractivity contribution in [2.75, 3.05) is 18.6 Å². The molecule has 48 valence electrons. The van der Waals surface area contributed by atoms with Gasteiger partial charge in [0, 0.05) is 12.8 Å². The van der Waals surface area contributed by atoms with E-state index in [0.717, 1.165) is 5.75 Å². The van der Waals surface area contributed by atoms with Crippen molar-refractivity contribution in [3.05, 3.63) is 0 Å². The summed E-state index contributed by atoms with van der Waals surface area (Å²) in [6.07, 6.45) is 1.66. The zero-order valence-electron chi connectivity index (χ0n) is 5.02. The van der Waals surface area contributed by atoms with Crippen LogP contribution in [0, 0.1) is 0 Å². The van der Waals surface area contributed by atoms with Crippen LogP contribution >= 0.6 is 11.8 Å². The van der Waals surface area contributed by atoms with Crippen LogP contribution in [0.3, 0.4) is 0 Å². The molecule has 1 saturated heterocycles. The van der Waals surface area contributed by atoms with Crippen LogP contribution in [-0.2, 0) is 4.84 Å². The molecule has 0 amide bonds. The summed E-state index contributed by atoms with van der Waals surface area (Å²) in [5.74, 6) is 2.41. The predicted molar refractivity (Wildman–Crippen MR) is 35.9 cm³/mol. The van der Waals surface area contributed by atoms with Crippen LogP contribution in [0.15, 0.2) is 0 Å². The molecule has 1 aliphatic rings. The first-order valence-corrected chi connectivity index (χ1v) is 3.99. The molecule has 3 heteroatoms. The molecule has 0 aliphatic carbocycles. The van der Waals surface area contributed by atoms with Crippen LogP contribution in [0.2, 0.25) is 0 Å². The Kier molecular flexibility index (Phi) is 2.66. The van der Waals surface area contributed by atoms with E-state index in [1.807, 2.05) is 18.8 Å². The van der Waals surface area contributed by atoms with E-state index in [4.69, 9.17) is 4.84 Å². The van der Waals surface area contributed by atoms with Crippen molar-refractivity contribution in [2.45, 2.75) is 12.5 Å². The molecule has 1 atom stereocenters. The van der Waals surface area contributed by atoms with Crippen molar-refractivity contribution in [3.63, 3.8) is 0 Å². The molecule has 0 saturated carbocycles. The summed E-state index contributed by atoms with van der Waals surface area (Å²) in [5.41, 5.74) is 2.70. The molecule has 1 heterocycles. The summed E-state index contributed by atoms with van der Waals surface area (Å²) >= 11 is 1.96. The SMILES string of the molecule is CNOC1CCSC1. The summed E-state index contributed by atoms with van der Waals surface area (Å²) in [5, 5.41) is 0. The van der Waals surface area contributed by atoms with Crippen LogP contribution in [0.4, 0.5) is 0 Å². The lowest BCUT2D eigenvalue weighted by atomic mass is 10.3. The third kappa shape index (κ3) is 1.65. The Hall–Kier alpha value is 0.270. The molecule has 1 aliphatic heterocycles. The Balaban J connectivity index is 2.06. The Morgan fingerprint density at radius 3 is 3.12 bits per heavy atom. The second-order valence-corrected chi connectivity index (χ2v) is 2.96. The fourth-order valence-corrected chi connectivity index (χ4v) is 1.87. The summed E-state index contributed by atoms with van der Waals surface area (Å²) in [7, 11) is 1.81. The van der Waals surface area contributed by atoms with Crippen molar-refractivity contribution in [1.82, 2.24) is 5.48 Å². The van der Waals surface area contributed by atoms with Gasteiger partial charge in [-0.2, -0.15) is 11.8 Å². The minimum atomic E-state index is 0.463. The average molecular weight is 133 g/mol. The van der Waals surface area contributed by atoms with E-state index in [-0.39, 0.29) is 0 Å². The maximum absolute atomic E-state index is 5.13. The van der Waals surface area contributed by atoms with Gasteiger partial charge in [0.2, 0.25) is 0 Å². The number of hydroxylamine groups is 1. The molecule has 0 aromatic heterocycles. The third-order valence-corrected chi connectivity index (χ3v) is 2.30. The number of hydrogen-bond donors (Lipinski definition) is 1. The highest BCUT2D eigenvalue weighted by atomic mass is 32.2. The van der Waals surface area contributed by atoms with E-state index in [2.05, 4.69) is 5.48 Å². The minimum Gasteiger partial charge on any atom is -0.298 e. The molecule has 1 rings (SSSR count). The largest absolute Gasteiger partial charge is 0.298 e. The van der Waals surface area contributed by atoms with Gasteiger partial charge in [0.15, 0.2) is 0 Å². The first-order valence-electron chi connectivity index (χ1n) is 2.83. The van der Waals surface area contributed by atoms with Gasteiger partial charge < -0.3 is 0 Å². The number of nitrogens with one attached hydrogen (secondary N) is 1. The molecule has 2 nitrogen and oxygen atoms in total. The Morgan fingerprint density at radius 1 is 1.75 bits per heavy atom. The van der Waals surface area contributed by atoms with Crippen molar-refractivity contribution in [1.29, 1.82) is 0 Å². The lowest BCUT2D eigenvalue weighted by molar-refractivity contribution is 0.00352. The van der Waals surface area contributed by atoms with Gasteiger partial charge in [0.1, 0.15) is 0 Å². The van der Waals surface area contributed by atoms with Crippen molar-refractivity contribution in [3.8, 4) is 0 Å². The Morgan fingerprint density at radius 2 is 2.62 bits per heavy atom. The molecule has 0 aromatic carbocycles. The van der Waals surface area contributed by atoms with Gasteiger partial charge in [-0.1, -0.05) is 0 Å². The highest BCUT2D eigenvalue weighted by Crippen LogP contribution is 2.18. The van der Waals surface area contributed by atoms with E-state index in [0.29, 0.717) is 6.10 Å². The molecular formula is C5H11NOS. The average Bonchev–Trinajstić information content (AvgIpc) is 2.19. The molecule has 1 fully saturated rings. The van der Waals surface area contributed by atoms with Gasteiger partial charge in [-0.3, -0.25) is 4.84 Å². The number of rotatable bonds is 2. The molecule has 1 N–H and O–H groups in total. The Labute approximate surface area is 53.9 Å². The second kappa shape index (κ2) is 3.33. The zero-order valence-corrected chi connectivity index (χ0v) is 5.83. The maximum atomic E-state index is 5.13. The first kappa shape index (κ1) is 6.39. The van der Waals surface area contributed by atoms with Gasteiger partial charge in [-0.05, 0) is 12.2 Å². The van der Waals surface area contributed by atoms with Gasteiger partial charge in [0.25, 0.3) is 0 Å².